The molecule has 0 spiro atoms. The molecule has 1 heterocycles. The SMILES string of the molecule is CCn1c(COc2ccccc2)nnc1SCCOc1ccccc1. The molecule has 2 aromatic carbocycles. The monoisotopic (exact) mass is 355 g/mol. The van der Waals surface area contributed by atoms with Crippen LogP contribution in [-0.4, -0.2) is 27.1 Å². The molecule has 130 valence electrons. The van der Waals surface area contributed by atoms with E-state index < -0.39 is 0 Å². The summed E-state index contributed by atoms with van der Waals surface area (Å²) in [6.45, 7) is 3.93. The van der Waals surface area contributed by atoms with Gasteiger partial charge in [0.15, 0.2) is 11.0 Å². The molecule has 0 N–H and O–H groups in total. The van der Waals surface area contributed by atoms with E-state index in [-0.39, 0.29) is 0 Å². The van der Waals surface area contributed by atoms with Gasteiger partial charge >= 0.3 is 0 Å². The molecule has 0 radical (unpaired) electrons. The van der Waals surface area contributed by atoms with Gasteiger partial charge in [-0.05, 0) is 31.2 Å². The Morgan fingerprint density at radius 3 is 2.16 bits per heavy atom. The fourth-order valence-electron chi connectivity index (χ4n) is 2.32. The predicted molar refractivity (Wildman–Crippen MR) is 99.1 cm³/mol. The molecule has 3 rings (SSSR count). The van der Waals surface area contributed by atoms with Crippen LogP contribution < -0.4 is 9.47 Å². The molecule has 0 aliphatic rings. The number of hydrogen-bond acceptors (Lipinski definition) is 5. The van der Waals surface area contributed by atoms with Crippen LogP contribution >= 0.6 is 11.8 Å². The molecule has 5 nitrogen and oxygen atoms in total. The molecule has 0 fully saturated rings. The Morgan fingerprint density at radius 1 is 0.880 bits per heavy atom. The first-order valence-electron chi connectivity index (χ1n) is 8.27. The van der Waals surface area contributed by atoms with Crippen LogP contribution in [0, 0.1) is 0 Å². The fourth-order valence-corrected chi connectivity index (χ4v) is 3.16. The molecular formula is C19H21N3O2S. The van der Waals surface area contributed by atoms with E-state index in [0.717, 1.165) is 34.8 Å². The van der Waals surface area contributed by atoms with E-state index in [1.807, 2.05) is 60.7 Å². The smallest absolute Gasteiger partial charge is 0.191 e. The highest BCUT2D eigenvalue weighted by Gasteiger charge is 2.11. The van der Waals surface area contributed by atoms with E-state index in [0.29, 0.717) is 13.2 Å². The number of benzene rings is 2. The molecule has 0 aliphatic heterocycles. The van der Waals surface area contributed by atoms with E-state index in [1.165, 1.54) is 0 Å². The Morgan fingerprint density at radius 2 is 1.52 bits per heavy atom. The van der Waals surface area contributed by atoms with Crippen molar-refractivity contribution in [2.45, 2.75) is 25.2 Å². The van der Waals surface area contributed by atoms with E-state index in [2.05, 4.69) is 21.7 Å². The summed E-state index contributed by atoms with van der Waals surface area (Å²) < 4.78 is 13.6. The highest BCUT2D eigenvalue weighted by atomic mass is 32.2. The Balaban J connectivity index is 1.51. The van der Waals surface area contributed by atoms with Crippen molar-refractivity contribution >= 4 is 11.8 Å². The number of ether oxygens (including phenoxy) is 2. The molecule has 1 aromatic heterocycles. The third-order valence-electron chi connectivity index (χ3n) is 3.55. The Hall–Kier alpha value is -2.47. The standard InChI is InChI=1S/C19H21N3O2S/c1-2-22-18(15-24-17-11-7-4-8-12-17)20-21-19(22)25-14-13-23-16-9-5-3-6-10-16/h3-12H,2,13-15H2,1H3. The largest absolute Gasteiger partial charge is 0.493 e. The minimum Gasteiger partial charge on any atom is -0.493 e. The number of rotatable bonds is 9. The minimum atomic E-state index is 0.409. The summed E-state index contributed by atoms with van der Waals surface area (Å²) >= 11 is 1.64. The van der Waals surface area contributed by atoms with Crippen LogP contribution in [0.15, 0.2) is 65.8 Å². The molecule has 0 saturated carbocycles. The van der Waals surface area contributed by atoms with Crippen LogP contribution in [0.25, 0.3) is 0 Å². The normalized spacial score (nSPS) is 10.6. The maximum absolute atomic E-state index is 5.77. The lowest BCUT2D eigenvalue weighted by Gasteiger charge is -2.09. The Kier molecular flexibility index (Phi) is 6.34. The molecule has 0 amide bonds. The molecule has 6 heteroatoms. The molecule has 3 aromatic rings. The van der Waals surface area contributed by atoms with Gasteiger partial charge in [-0.1, -0.05) is 48.2 Å². The molecule has 0 aliphatic carbocycles. The second-order valence-corrected chi connectivity index (χ2v) is 6.32. The van der Waals surface area contributed by atoms with Gasteiger partial charge in [-0.25, -0.2) is 0 Å². The second-order valence-electron chi connectivity index (χ2n) is 5.25. The van der Waals surface area contributed by atoms with Crippen molar-refractivity contribution in [3.05, 3.63) is 66.5 Å². The van der Waals surface area contributed by atoms with Gasteiger partial charge in [0.2, 0.25) is 0 Å². The van der Waals surface area contributed by atoms with Gasteiger partial charge in [-0.3, -0.25) is 0 Å². The van der Waals surface area contributed by atoms with Crippen molar-refractivity contribution in [1.29, 1.82) is 0 Å². The van der Waals surface area contributed by atoms with Gasteiger partial charge in [0.1, 0.15) is 18.1 Å². The van der Waals surface area contributed by atoms with Crippen LogP contribution in [-0.2, 0) is 13.2 Å². The number of para-hydroxylation sites is 2. The second kappa shape index (κ2) is 9.13. The van der Waals surface area contributed by atoms with Crippen molar-refractivity contribution in [3.63, 3.8) is 0 Å². The summed E-state index contributed by atoms with van der Waals surface area (Å²) in [4.78, 5) is 0. The molecule has 25 heavy (non-hydrogen) atoms. The topological polar surface area (TPSA) is 49.2 Å². The summed E-state index contributed by atoms with van der Waals surface area (Å²) in [6.07, 6.45) is 0. The van der Waals surface area contributed by atoms with Gasteiger partial charge in [0.25, 0.3) is 0 Å². The van der Waals surface area contributed by atoms with Gasteiger partial charge in [0, 0.05) is 12.3 Å². The summed E-state index contributed by atoms with van der Waals surface area (Å²) in [5.41, 5.74) is 0. The molecular weight excluding hydrogens is 334 g/mol. The van der Waals surface area contributed by atoms with E-state index in [4.69, 9.17) is 9.47 Å². The Labute approximate surface area is 152 Å². The van der Waals surface area contributed by atoms with Gasteiger partial charge in [-0.2, -0.15) is 0 Å². The van der Waals surface area contributed by atoms with Crippen LogP contribution in [0.1, 0.15) is 12.7 Å². The van der Waals surface area contributed by atoms with Crippen LogP contribution in [0.4, 0.5) is 0 Å². The van der Waals surface area contributed by atoms with Gasteiger partial charge in [-0.15, -0.1) is 10.2 Å². The lowest BCUT2D eigenvalue weighted by atomic mass is 10.3. The average molecular weight is 355 g/mol. The van der Waals surface area contributed by atoms with Crippen LogP contribution in [0.3, 0.4) is 0 Å². The molecule has 0 atom stereocenters. The van der Waals surface area contributed by atoms with Crippen molar-refractivity contribution in [2.24, 2.45) is 0 Å². The van der Waals surface area contributed by atoms with Crippen molar-refractivity contribution in [1.82, 2.24) is 14.8 Å². The lowest BCUT2D eigenvalue weighted by Crippen LogP contribution is -2.08. The third kappa shape index (κ3) is 5.00. The van der Waals surface area contributed by atoms with E-state index in [9.17, 15) is 0 Å². The van der Waals surface area contributed by atoms with Gasteiger partial charge in [0.05, 0.1) is 6.61 Å². The first-order valence-corrected chi connectivity index (χ1v) is 9.26. The first kappa shape index (κ1) is 17.4. The zero-order valence-corrected chi connectivity index (χ0v) is 15.0. The number of aromatic nitrogens is 3. The average Bonchev–Trinajstić information content (AvgIpc) is 3.07. The molecule has 0 bridgehead atoms. The molecule has 0 saturated heterocycles. The maximum atomic E-state index is 5.77. The summed E-state index contributed by atoms with van der Waals surface area (Å²) in [5, 5.41) is 9.44. The van der Waals surface area contributed by atoms with E-state index >= 15 is 0 Å². The number of nitrogens with zero attached hydrogens (tertiary/aromatic N) is 3. The maximum Gasteiger partial charge on any atom is 0.191 e. The predicted octanol–water partition coefficient (Wildman–Crippen LogP) is 4.05. The van der Waals surface area contributed by atoms with Gasteiger partial charge < -0.3 is 14.0 Å². The van der Waals surface area contributed by atoms with Crippen LogP contribution in [0.5, 0.6) is 11.5 Å². The highest BCUT2D eigenvalue weighted by molar-refractivity contribution is 7.99. The number of thioether (sulfide) groups is 1. The number of hydrogen-bond donors (Lipinski definition) is 0. The quantitative estimate of drug-likeness (QED) is 0.428. The minimum absolute atomic E-state index is 0.409. The van der Waals surface area contributed by atoms with Crippen molar-refractivity contribution < 1.29 is 9.47 Å². The third-order valence-corrected chi connectivity index (χ3v) is 4.48. The fraction of sp³-hybridized carbons (Fsp3) is 0.263. The summed E-state index contributed by atoms with van der Waals surface area (Å²) in [5.74, 6) is 3.36. The van der Waals surface area contributed by atoms with Crippen LogP contribution in [0.2, 0.25) is 0 Å². The lowest BCUT2D eigenvalue weighted by molar-refractivity contribution is 0.288. The Bertz CT molecular complexity index is 763. The highest BCUT2D eigenvalue weighted by Crippen LogP contribution is 2.19. The molecule has 0 unspecified atom stereocenters. The van der Waals surface area contributed by atoms with Crippen molar-refractivity contribution in [3.8, 4) is 11.5 Å². The zero-order valence-electron chi connectivity index (χ0n) is 14.2. The van der Waals surface area contributed by atoms with E-state index in [1.54, 1.807) is 11.8 Å². The zero-order chi connectivity index (χ0) is 17.3. The first-order chi connectivity index (χ1) is 12.4. The summed E-state index contributed by atoms with van der Waals surface area (Å²) in [7, 11) is 0. The van der Waals surface area contributed by atoms with Crippen molar-refractivity contribution in [2.75, 3.05) is 12.4 Å². The summed E-state index contributed by atoms with van der Waals surface area (Å²) in [6, 6.07) is 19.6.